The van der Waals surface area contributed by atoms with Crippen LogP contribution in [0.4, 0.5) is 0 Å². The highest BCUT2D eigenvalue weighted by Gasteiger charge is 2.10. The molecular weight excluding hydrogens is 288 g/mol. The third-order valence-electron chi connectivity index (χ3n) is 3.03. The van der Waals surface area contributed by atoms with Gasteiger partial charge in [0.05, 0.1) is 5.56 Å². The fourth-order valence-electron chi connectivity index (χ4n) is 1.74. The third kappa shape index (κ3) is 3.09. The van der Waals surface area contributed by atoms with Gasteiger partial charge in [-0.2, -0.15) is 0 Å². The molecule has 0 saturated carbocycles. The number of nitrogens with zero attached hydrogens (tertiary/aromatic N) is 1. The first-order chi connectivity index (χ1) is 10.4. The normalized spacial score (nSPS) is 10.8. The summed E-state index contributed by atoms with van der Waals surface area (Å²) in [6.45, 7) is 0. The molecule has 0 aliphatic heterocycles. The van der Waals surface area contributed by atoms with Crippen molar-refractivity contribution >= 4 is 17.8 Å². The predicted octanol–water partition coefficient (Wildman–Crippen LogP) is 0.668. The summed E-state index contributed by atoms with van der Waals surface area (Å²) in [5, 5.41) is 8.78. The van der Waals surface area contributed by atoms with Gasteiger partial charge in [0, 0.05) is 13.2 Å². The summed E-state index contributed by atoms with van der Waals surface area (Å²) in [5.74, 6) is -1.59. The largest absolute Gasteiger partial charge is 0.478 e. The third-order valence-corrected chi connectivity index (χ3v) is 3.03. The number of rotatable bonds is 4. The molecular formula is C15H12N2O5. The summed E-state index contributed by atoms with van der Waals surface area (Å²) in [7, 11) is 1.27. The van der Waals surface area contributed by atoms with E-state index in [-0.39, 0.29) is 11.1 Å². The van der Waals surface area contributed by atoms with Crippen molar-refractivity contribution in [3.8, 4) is 0 Å². The van der Waals surface area contributed by atoms with Crippen LogP contribution in [-0.4, -0.2) is 26.4 Å². The van der Waals surface area contributed by atoms with Crippen LogP contribution in [0.3, 0.4) is 0 Å². The zero-order valence-corrected chi connectivity index (χ0v) is 11.6. The number of H-pyrrole nitrogens is 1. The van der Waals surface area contributed by atoms with Crippen molar-refractivity contribution in [1.82, 2.24) is 9.55 Å². The van der Waals surface area contributed by atoms with Crippen LogP contribution in [-0.2, 0) is 7.05 Å². The quantitative estimate of drug-likeness (QED) is 0.637. The van der Waals surface area contributed by atoms with Gasteiger partial charge in [0.1, 0.15) is 5.56 Å². The molecule has 0 atom stereocenters. The molecule has 1 aromatic carbocycles. The number of nitrogens with one attached hydrogen (secondary N) is 1. The highest BCUT2D eigenvalue weighted by atomic mass is 16.4. The van der Waals surface area contributed by atoms with Crippen LogP contribution < -0.4 is 11.2 Å². The van der Waals surface area contributed by atoms with Gasteiger partial charge in [-0.3, -0.25) is 14.2 Å². The van der Waals surface area contributed by atoms with E-state index in [9.17, 15) is 19.2 Å². The van der Waals surface area contributed by atoms with Gasteiger partial charge in [-0.25, -0.2) is 9.59 Å². The van der Waals surface area contributed by atoms with E-state index in [0.29, 0.717) is 5.56 Å². The number of aromatic nitrogens is 2. The van der Waals surface area contributed by atoms with E-state index in [4.69, 9.17) is 5.11 Å². The molecule has 7 heteroatoms. The lowest BCUT2D eigenvalue weighted by atomic mass is 10.1. The zero-order chi connectivity index (χ0) is 16.3. The van der Waals surface area contributed by atoms with Crippen LogP contribution in [0.15, 0.2) is 46.1 Å². The lowest BCUT2D eigenvalue weighted by molar-refractivity contribution is 0.0696. The number of allylic oxidation sites excluding steroid dienone is 1. The first-order valence-electron chi connectivity index (χ1n) is 6.24. The number of aromatic amines is 1. The number of hydrogen-bond acceptors (Lipinski definition) is 4. The van der Waals surface area contributed by atoms with Crippen molar-refractivity contribution in [1.29, 1.82) is 0 Å². The Bertz CT molecular complexity index is 872. The van der Waals surface area contributed by atoms with E-state index in [2.05, 4.69) is 4.98 Å². The molecule has 2 aromatic rings. The summed E-state index contributed by atoms with van der Waals surface area (Å²) >= 11 is 0. The number of carboxylic acids is 1. The average Bonchev–Trinajstić information content (AvgIpc) is 2.51. The van der Waals surface area contributed by atoms with Crippen molar-refractivity contribution < 1.29 is 14.7 Å². The fraction of sp³-hybridized carbons (Fsp3) is 0.0667. The van der Waals surface area contributed by atoms with Crippen LogP contribution in [0, 0.1) is 0 Å². The van der Waals surface area contributed by atoms with Gasteiger partial charge in [0.15, 0.2) is 5.78 Å². The molecule has 0 bridgehead atoms. The number of benzene rings is 1. The standard InChI is InChI=1S/C15H12N2O5/c1-17-13(19)11(8-16-15(17)22)12(18)7-4-9-2-5-10(6-3-9)14(20)21/h2-8H,1H3,(H,16,22)(H,20,21)/b7-4+. The van der Waals surface area contributed by atoms with Gasteiger partial charge in [0.25, 0.3) is 5.56 Å². The molecule has 1 heterocycles. The number of carbonyl (C=O) groups is 2. The van der Waals surface area contributed by atoms with Crippen LogP contribution in [0.25, 0.3) is 6.08 Å². The average molecular weight is 300 g/mol. The van der Waals surface area contributed by atoms with Gasteiger partial charge >= 0.3 is 11.7 Å². The monoisotopic (exact) mass is 300 g/mol. The van der Waals surface area contributed by atoms with Crippen LogP contribution in [0.1, 0.15) is 26.3 Å². The molecule has 1 aromatic heterocycles. The van der Waals surface area contributed by atoms with Gasteiger partial charge in [-0.05, 0) is 23.8 Å². The molecule has 0 aliphatic rings. The molecule has 112 valence electrons. The van der Waals surface area contributed by atoms with E-state index in [1.807, 2.05) is 0 Å². The first kappa shape index (κ1) is 15.2. The maximum Gasteiger partial charge on any atom is 0.335 e. The smallest absolute Gasteiger partial charge is 0.335 e. The Labute approximate surface area is 124 Å². The summed E-state index contributed by atoms with van der Waals surface area (Å²) < 4.78 is 0.808. The van der Waals surface area contributed by atoms with E-state index in [1.165, 1.54) is 43.5 Å². The van der Waals surface area contributed by atoms with Crippen LogP contribution in [0.2, 0.25) is 0 Å². The maximum absolute atomic E-state index is 12.0. The fourth-order valence-corrected chi connectivity index (χ4v) is 1.74. The zero-order valence-electron chi connectivity index (χ0n) is 11.6. The molecule has 0 amide bonds. The van der Waals surface area contributed by atoms with Crippen LogP contribution in [0.5, 0.6) is 0 Å². The molecule has 2 rings (SSSR count). The molecule has 0 aliphatic carbocycles. The van der Waals surface area contributed by atoms with Gasteiger partial charge in [-0.15, -0.1) is 0 Å². The second-order valence-corrected chi connectivity index (χ2v) is 4.50. The van der Waals surface area contributed by atoms with E-state index >= 15 is 0 Å². The second-order valence-electron chi connectivity index (χ2n) is 4.50. The van der Waals surface area contributed by atoms with Crippen molar-refractivity contribution in [3.63, 3.8) is 0 Å². The minimum absolute atomic E-state index is 0.137. The van der Waals surface area contributed by atoms with Crippen molar-refractivity contribution in [3.05, 3.63) is 74.1 Å². The molecule has 0 saturated heterocycles. The molecule has 7 nitrogen and oxygen atoms in total. The Kier molecular flexibility index (Phi) is 4.17. The second kappa shape index (κ2) is 6.04. The predicted molar refractivity (Wildman–Crippen MR) is 79.1 cm³/mol. The number of carbonyl (C=O) groups excluding carboxylic acids is 1. The summed E-state index contributed by atoms with van der Waals surface area (Å²) in [4.78, 5) is 48.0. The number of hydrogen-bond donors (Lipinski definition) is 2. The lowest BCUT2D eigenvalue weighted by Gasteiger charge is -1.99. The lowest BCUT2D eigenvalue weighted by Crippen LogP contribution is -2.35. The molecule has 0 fully saturated rings. The molecule has 0 radical (unpaired) electrons. The van der Waals surface area contributed by atoms with Gasteiger partial charge in [-0.1, -0.05) is 18.2 Å². The SMILES string of the molecule is Cn1c(=O)[nH]cc(C(=O)/C=C/c2ccc(C(=O)O)cc2)c1=O. The van der Waals surface area contributed by atoms with Crippen molar-refractivity contribution in [2.75, 3.05) is 0 Å². The minimum atomic E-state index is -1.04. The number of aromatic carboxylic acids is 1. The highest BCUT2D eigenvalue weighted by molar-refractivity contribution is 6.06. The molecule has 22 heavy (non-hydrogen) atoms. The molecule has 0 spiro atoms. The summed E-state index contributed by atoms with van der Waals surface area (Å²) in [6, 6.07) is 5.90. The Morgan fingerprint density at radius 2 is 1.82 bits per heavy atom. The van der Waals surface area contributed by atoms with Crippen molar-refractivity contribution in [2.24, 2.45) is 7.05 Å². The highest BCUT2D eigenvalue weighted by Crippen LogP contribution is 2.07. The van der Waals surface area contributed by atoms with Crippen LogP contribution >= 0.6 is 0 Å². The Balaban J connectivity index is 2.25. The van der Waals surface area contributed by atoms with E-state index in [0.717, 1.165) is 10.8 Å². The summed E-state index contributed by atoms with van der Waals surface area (Å²) in [5.41, 5.74) is -0.688. The Morgan fingerprint density at radius 3 is 2.41 bits per heavy atom. The molecule has 0 unspecified atom stereocenters. The number of carboxylic acid groups (broad SMARTS) is 1. The Morgan fingerprint density at radius 1 is 1.18 bits per heavy atom. The Hall–Kier alpha value is -3.22. The van der Waals surface area contributed by atoms with Crippen molar-refractivity contribution in [2.45, 2.75) is 0 Å². The van der Waals surface area contributed by atoms with Gasteiger partial charge < -0.3 is 10.1 Å². The molecule has 2 N–H and O–H groups in total. The van der Waals surface area contributed by atoms with Gasteiger partial charge in [0.2, 0.25) is 0 Å². The first-order valence-corrected chi connectivity index (χ1v) is 6.24. The minimum Gasteiger partial charge on any atom is -0.478 e. The topological polar surface area (TPSA) is 109 Å². The number of ketones is 1. The summed E-state index contributed by atoms with van der Waals surface area (Å²) in [6.07, 6.45) is 3.72. The van der Waals surface area contributed by atoms with E-state index < -0.39 is 23.0 Å². The maximum atomic E-state index is 12.0. The van der Waals surface area contributed by atoms with E-state index in [1.54, 1.807) is 0 Å².